The number of aryl methyl sites for hydroxylation is 1. The number of rotatable bonds is 6. The van der Waals surface area contributed by atoms with Gasteiger partial charge in [0, 0.05) is 12.1 Å². The van der Waals surface area contributed by atoms with Crippen molar-refractivity contribution in [3.8, 4) is 0 Å². The van der Waals surface area contributed by atoms with Gasteiger partial charge in [-0.3, -0.25) is 9.35 Å². The van der Waals surface area contributed by atoms with Gasteiger partial charge in [-0.1, -0.05) is 24.3 Å². The number of hydrogen-bond donors (Lipinski definition) is 2. The van der Waals surface area contributed by atoms with Gasteiger partial charge in [-0.25, -0.2) is 0 Å². The number of hydrogen-bond acceptors (Lipinski definition) is 4. The third kappa shape index (κ3) is 10.6. The van der Waals surface area contributed by atoms with E-state index >= 15 is 0 Å². The van der Waals surface area contributed by atoms with Crippen LogP contribution >= 0.6 is 0 Å². The maximum Gasteiger partial charge on any atom is 0.294 e. The largest absolute Gasteiger partial charge is 0.352 e. The molecule has 0 atom stereocenters. The van der Waals surface area contributed by atoms with Crippen LogP contribution in [0.3, 0.4) is 0 Å². The summed E-state index contributed by atoms with van der Waals surface area (Å²) in [6.07, 6.45) is 0.978. The van der Waals surface area contributed by atoms with Crippen molar-refractivity contribution in [3.63, 3.8) is 0 Å². The molecule has 1 amide bonds. The molecule has 2 N–H and O–H groups in total. The number of nitrogens with zero attached hydrogens (tertiary/aromatic N) is 1. The van der Waals surface area contributed by atoms with E-state index in [1.807, 2.05) is 21.0 Å². The van der Waals surface area contributed by atoms with Gasteiger partial charge in [-0.05, 0) is 53.0 Å². The minimum atomic E-state index is -4.02. The summed E-state index contributed by atoms with van der Waals surface area (Å²) in [5.41, 5.74) is 1.53. The molecule has 130 valence electrons. The van der Waals surface area contributed by atoms with Gasteiger partial charge in [0.25, 0.3) is 10.1 Å². The number of benzene rings is 1. The van der Waals surface area contributed by atoms with Crippen LogP contribution in [-0.4, -0.2) is 51.0 Å². The smallest absolute Gasteiger partial charge is 0.294 e. The molecule has 7 heteroatoms. The highest BCUT2D eigenvalue weighted by atomic mass is 32.2. The van der Waals surface area contributed by atoms with Crippen LogP contribution in [-0.2, 0) is 14.9 Å². The Hall–Kier alpha value is -1.70. The van der Waals surface area contributed by atoms with Gasteiger partial charge >= 0.3 is 0 Å². The summed E-state index contributed by atoms with van der Waals surface area (Å²) in [7, 11) is 0.00933. The van der Waals surface area contributed by atoms with E-state index in [1.165, 1.54) is 12.1 Å². The molecule has 1 aromatic carbocycles. The van der Waals surface area contributed by atoms with Crippen LogP contribution < -0.4 is 5.32 Å². The Morgan fingerprint density at radius 1 is 1.26 bits per heavy atom. The average molecular weight is 342 g/mol. The first-order valence-corrected chi connectivity index (χ1v) is 8.60. The lowest BCUT2D eigenvalue weighted by atomic mass is 10.2. The van der Waals surface area contributed by atoms with Crippen molar-refractivity contribution in [2.75, 3.05) is 27.2 Å². The Morgan fingerprint density at radius 3 is 2.17 bits per heavy atom. The van der Waals surface area contributed by atoms with Gasteiger partial charge < -0.3 is 10.2 Å². The summed E-state index contributed by atoms with van der Waals surface area (Å²) in [4.78, 5) is 13.0. The Bertz CT molecular complexity index is 607. The maximum atomic E-state index is 11.0. The van der Waals surface area contributed by atoms with Gasteiger partial charge in [0.2, 0.25) is 5.91 Å². The standard InChI is InChI=1S/C9H18N2O.C7H8O3S/c1-8(2)9(12)10-6-5-7-11(3)4;1-6-2-4-7(5-3-6)11(8,9)10/h1,5-7H2,2-4H3,(H,10,12);2-5H,1H3,(H,8,9,10). The third-order valence-corrected chi connectivity index (χ3v) is 3.64. The predicted octanol–water partition coefficient (Wildman–Crippen LogP) is 1.87. The summed E-state index contributed by atoms with van der Waals surface area (Å²) in [5.74, 6) is -0.0474. The molecule has 0 aliphatic heterocycles. The lowest BCUT2D eigenvalue weighted by Gasteiger charge is -2.09. The third-order valence-electron chi connectivity index (χ3n) is 2.77. The van der Waals surface area contributed by atoms with Gasteiger partial charge in [0.05, 0.1) is 4.90 Å². The van der Waals surface area contributed by atoms with Crippen LogP contribution in [0, 0.1) is 6.92 Å². The fourth-order valence-electron chi connectivity index (χ4n) is 1.46. The molecule has 0 heterocycles. The Morgan fingerprint density at radius 2 is 1.78 bits per heavy atom. The molecular weight excluding hydrogens is 316 g/mol. The SMILES string of the molecule is C=C(C)C(=O)NCCCN(C)C.Cc1ccc(S(=O)(=O)O)cc1. The van der Waals surface area contributed by atoms with E-state index in [4.69, 9.17) is 4.55 Å². The highest BCUT2D eigenvalue weighted by Gasteiger charge is 2.06. The van der Waals surface area contributed by atoms with Gasteiger partial charge in [0.1, 0.15) is 0 Å². The molecule has 0 saturated heterocycles. The first kappa shape index (κ1) is 21.3. The first-order chi connectivity index (χ1) is 10.5. The highest BCUT2D eigenvalue weighted by molar-refractivity contribution is 7.85. The summed E-state index contributed by atoms with van der Waals surface area (Å²) < 4.78 is 29.6. The zero-order valence-electron chi connectivity index (χ0n) is 14.2. The number of carbonyl (C=O) groups excluding carboxylic acids is 1. The molecule has 0 aliphatic rings. The molecule has 1 rings (SSSR count). The number of amides is 1. The molecule has 23 heavy (non-hydrogen) atoms. The maximum absolute atomic E-state index is 11.0. The summed E-state index contributed by atoms with van der Waals surface area (Å²) in [5, 5.41) is 2.77. The zero-order valence-corrected chi connectivity index (χ0v) is 15.0. The summed E-state index contributed by atoms with van der Waals surface area (Å²) >= 11 is 0. The van der Waals surface area contributed by atoms with Crippen LogP contribution in [0.4, 0.5) is 0 Å². The Labute approximate surface area is 138 Å². The van der Waals surface area contributed by atoms with Crippen molar-refractivity contribution < 1.29 is 17.8 Å². The number of nitrogens with one attached hydrogen (secondary N) is 1. The molecule has 0 aliphatic carbocycles. The molecule has 0 saturated carbocycles. The molecular formula is C16H26N2O4S. The lowest BCUT2D eigenvalue weighted by Crippen LogP contribution is -2.27. The van der Waals surface area contributed by atoms with Crippen LogP contribution in [0.5, 0.6) is 0 Å². The van der Waals surface area contributed by atoms with Crippen LogP contribution in [0.25, 0.3) is 0 Å². The molecule has 0 bridgehead atoms. The average Bonchev–Trinajstić information content (AvgIpc) is 2.43. The zero-order chi connectivity index (χ0) is 18.0. The lowest BCUT2D eigenvalue weighted by molar-refractivity contribution is -0.117. The highest BCUT2D eigenvalue weighted by Crippen LogP contribution is 2.08. The predicted molar refractivity (Wildman–Crippen MR) is 92.0 cm³/mol. The van der Waals surface area contributed by atoms with E-state index in [1.54, 1.807) is 19.1 Å². The quantitative estimate of drug-likeness (QED) is 0.468. The van der Waals surface area contributed by atoms with E-state index < -0.39 is 10.1 Å². The van der Waals surface area contributed by atoms with Crippen LogP contribution in [0.1, 0.15) is 18.9 Å². The van der Waals surface area contributed by atoms with E-state index in [-0.39, 0.29) is 10.8 Å². The van der Waals surface area contributed by atoms with Crippen molar-refractivity contribution in [2.24, 2.45) is 0 Å². The fourth-order valence-corrected chi connectivity index (χ4v) is 1.94. The van der Waals surface area contributed by atoms with Crippen molar-refractivity contribution in [1.82, 2.24) is 10.2 Å². The molecule has 6 nitrogen and oxygen atoms in total. The van der Waals surface area contributed by atoms with Crippen molar-refractivity contribution in [1.29, 1.82) is 0 Å². The number of carbonyl (C=O) groups is 1. The van der Waals surface area contributed by atoms with Crippen LogP contribution in [0.2, 0.25) is 0 Å². The van der Waals surface area contributed by atoms with E-state index in [9.17, 15) is 13.2 Å². The second-order valence-electron chi connectivity index (χ2n) is 5.48. The summed E-state index contributed by atoms with van der Waals surface area (Å²) in [6.45, 7) is 8.82. The molecule has 1 aromatic rings. The molecule has 0 radical (unpaired) electrons. The van der Waals surface area contributed by atoms with Gasteiger partial charge in [0.15, 0.2) is 0 Å². The van der Waals surface area contributed by atoms with Crippen molar-refractivity contribution in [2.45, 2.75) is 25.2 Å². The fraction of sp³-hybridized carbons (Fsp3) is 0.438. The Kier molecular flexibility index (Phi) is 9.40. The van der Waals surface area contributed by atoms with Crippen LogP contribution in [0.15, 0.2) is 41.3 Å². The molecule has 0 fully saturated rings. The van der Waals surface area contributed by atoms with Gasteiger partial charge in [-0.2, -0.15) is 8.42 Å². The first-order valence-electron chi connectivity index (χ1n) is 7.16. The second-order valence-corrected chi connectivity index (χ2v) is 6.90. The topological polar surface area (TPSA) is 86.7 Å². The minimum absolute atomic E-state index is 0.0474. The van der Waals surface area contributed by atoms with E-state index in [0.717, 1.165) is 25.1 Å². The molecule has 0 spiro atoms. The summed E-state index contributed by atoms with van der Waals surface area (Å²) in [6, 6.07) is 5.99. The normalized spacial score (nSPS) is 10.7. The molecule has 0 unspecified atom stereocenters. The second kappa shape index (κ2) is 10.1. The van der Waals surface area contributed by atoms with Gasteiger partial charge in [-0.15, -0.1) is 0 Å². The monoisotopic (exact) mass is 342 g/mol. The molecule has 0 aromatic heterocycles. The van der Waals surface area contributed by atoms with Crippen molar-refractivity contribution in [3.05, 3.63) is 42.0 Å². The Balaban J connectivity index is 0.000000422. The van der Waals surface area contributed by atoms with E-state index in [2.05, 4.69) is 16.8 Å². The van der Waals surface area contributed by atoms with Crippen molar-refractivity contribution >= 4 is 16.0 Å². The van der Waals surface area contributed by atoms with E-state index in [0.29, 0.717) is 5.57 Å². The minimum Gasteiger partial charge on any atom is -0.352 e.